The maximum absolute atomic E-state index is 12.6. The van der Waals surface area contributed by atoms with E-state index in [0.717, 1.165) is 0 Å². The van der Waals surface area contributed by atoms with E-state index in [1.54, 1.807) is 0 Å². The topological polar surface area (TPSA) is 242 Å². The molecule has 0 aliphatic heterocycles. The lowest BCUT2D eigenvalue weighted by molar-refractivity contribution is -0.392. The SMILES string of the molecule is Nc1c([N+](=O)[O-])cc(C(=O)c2cc([N+](=O)[O-])c(N)c([N+](=O)[O-])c2)cc1[N+](=O)[O-]. The van der Waals surface area contributed by atoms with E-state index in [1.807, 2.05) is 0 Å². The first-order chi connectivity index (χ1) is 13.0. The molecule has 2 aromatic carbocycles. The first kappa shape index (κ1) is 19.6. The molecular formula is C13H8N6O9. The number of ketones is 1. The van der Waals surface area contributed by atoms with Gasteiger partial charge in [0, 0.05) is 35.4 Å². The van der Waals surface area contributed by atoms with Gasteiger partial charge < -0.3 is 11.5 Å². The monoisotopic (exact) mass is 392 g/mol. The van der Waals surface area contributed by atoms with Gasteiger partial charge in [-0.3, -0.25) is 45.3 Å². The Bertz CT molecular complexity index is 927. The summed E-state index contributed by atoms with van der Waals surface area (Å²) in [5.41, 5.74) is 4.05. The number of anilines is 2. The third-order valence-electron chi connectivity index (χ3n) is 3.58. The minimum absolute atomic E-state index is 0.624. The van der Waals surface area contributed by atoms with E-state index in [-0.39, 0.29) is 0 Å². The highest BCUT2D eigenvalue weighted by molar-refractivity contribution is 6.11. The first-order valence-corrected chi connectivity index (χ1v) is 6.95. The zero-order valence-corrected chi connectivity index (χ0v) is 13.4. The highest BCUT2D eigenvalue weighted by atomic mass is 16.6. The summed E-state index contributed by atoms with van der Waals surface area (Å²) in [5, 5.41) is 44.1. The Balaban J connectivity index is 2.76. The Kier molecular flexibility index (Phi) is 4.84. The molecule has 28 heavy (non-hydrogen) atoms. The van der Waals surface area contributed by atoms with Gasteiger partial charge in [0.25, 0.3) is 22.7 Å². The predicted octanol–water partition coefficient (Wildman–Crippen LogP) is 1.71. The molecule has 0 saturated heterocycles. The van der Waals surface area contributed by atoms with Crippen LogP contribution in [0.4, 0.5) is 34.1 Å². The van der Waals surface area contributed by atoms with Gasteiger partial charge in [-0.2, -0.15) is 0 Å². The molecule has 0 heterocycles. The van der Waals surface area contributed by atoms with E-state index in [9.17, 15) is 45.3 Å². The van der Waals surface area contributed by atoms with Gasteiger partial charge in [0.1, 0.15) is 0 Å². The molecular weight excluding hydrogens is 384 g/mol. The summed E-state index contributed by atoms with van der Waals surface area (Å²) in [7, 11) is 0. The number of hydrogen-bond donors (Lipinski definition) is 2. The van der Waals surface area contributed by atoms with Gasteiger partial charge in [0.2, 0.25) is 0 Å². The van der Waals surface area contributed by atoms with Crippen LogP contribution >= 0.6 is 0 Å². The Morgan fingerprint density at radius 1 is 0.607 bits per heavy atom. The number of benzene rings is 2. The largest absolute Gasteiger partial charge is 0.388 e. The van der Waals surface area contributed by atoms with Gasteiger partial charge in [-0.25, -0.2) is 0 Å². The fourth-order valence-electron chi connectivity index (χ4n) is 2.28. The van der Waals surface area contributed by atoms with Gasteiger partial charge in [0.15, 0.2) is 17.2 Å². The number of carbonyl (C=O) groups excluding carboxylic acids is 1. The van der Waals surface area contributed by atoms with E-state index in [4.69, 9.17) is 11.5 Å². The molecule has 4 N–H and O–H groups in total. The van der Waals surface area contributed by atoms with Crippen LogP contribution in [0.15, 0.2) is 24.3 Å². The third kappa shape index (κ3) is 3.34. The number of nitro groups is 4. The van der Waals surface area contributed by atoms with Gasteiger partial charge in [0.05, 0.1) is 19.7 Å². The fraction of sp³-hybridized carbons (Fsp3) is 0. The molecule has 0 unspecified atom stereocenters. The minimum atomic E-state index is -1.18. The molecule has 15 heteroatoms. The highest BCUT2D eigenvalue weighted by Crippen LogP contribution is 2.36. The number of nitrogens with zero attached hydrogens (tertiary/aromatic N) is 4. The summed E-state index contributed by atoms with van der Waals surface area (Å²) in [6.45, 7) is 0. The van der Waals surface area contributed by atoms with Crippen LogP contribution in [0.2, 0.25) is 0 Å². The summed E-state index contributed by atoms with van der Waals surface area (Å²) >= 11 is 0. The van der Waals surface area contributed by atoms with Crippen molar-refractivity contribution < 1.29 is 24.5 Å². The lowest BCUT2D eigenvalue weighted by Crippen LogP contribution is -2.09. The maximum atomic E-state index is 12.6. The zero-order chi connectivity index (χ0) is 21.3. The molecule has 0 amide bonds. The molecule has 0 radical (unpaired) electrons. The van der Waals surface area contributed by atoms with E-state index >= 15 is 0 Å². The second-order valence-electron chi connectivity index (χ2n) is 5.21. The number of nitrogen functional groups attached to an aromatic ring is 2. The van der Waals surface area contributed by atoms with Gasteiger partial charge in [-0.15, -0.1) is 0 Å². The molecule has 0 aliphatic carbocycles. The van der Waals surface area contributed by atoms with Gasteiger partial charge >= 0.3 is 0 Å². The van der Waals surface area contributed by atoms with Crippen LogP contribution in [-0.2, 0) is 0 Å². The molecule has 0 aromatic heterocycles. The van der Waals surface area contributed by atoms with Crippen LogP contribution in [0.5, 0.6) is 0 Å². The molecule has 2 rings (SSSR count). The number of carbonyl (C=O) groups is 1. The Morgan fingerprint density at radius 2 is 0.821 bits per heavy atom. The van der Waals surface area contributed by atoms with E-state index < -0.39 is 70.7 Å². The summed E-state index contributed by atoms with van der Waals surface area (Å²) in [4.78, 5) is 52.5. The molecule has 0 atom stereocenters. The van der Waals surface area contributed by atoms with Crippen molar-refractivity contribution in [3.8, 4) is 0 Å². The van der Waals surface area contributed by atoms with Crippen LogP contribution < -0.4 is 11.5 Å². The normalized spacial score (nSPS) is 10.3. The lowest BCUT2D eigenvalue weighted by atomic mass is 9.99. The van der Waals surface area contributed by atoms with Gasteiger partial charge in [-0.1, -0.05) is 0 Å². The van der Waals surface area contributed by atoms with Crippen LogP contribution in [0.1, 0.15) is 15.9 Å². The van der Waals surface area contributed by atoms with Crippen molar-refractivity contribution in [3.05, 3.63) is 75.8 Å². The highest BCUT2D eigenvalue weighted by Gasteiger charge is 2.30. The van der Waals surface area contributed by atoms with E-state index in [0.29, 0.717) is 24.3 Å². The Hall–Kier alpha value is -4.69. The van der Waals surface area contributed by atoms with Crippen molar-refractivity contribution in [1.29, 1.82) is 0 Å². The Labute approximate surface area is 152 Å². The minimum Gasteiger partial charge on any atom is -0.388 e. The summed E-state index contributed by atoms with van der Waals surface area (Å²) < 4.78 is 0. The molecule has 15 nitrogen and oxygen atoms in total. The van der Waals surface area contributed by atoms with E-state index in [2.05, 4.69) is 0 Å². The summed E-state index contributed by atoms with van der Waals surface area (Å²) in [6.07, 6.45) is 0. The maximum Gasteiger partial charge on any atom is 0.299 e. The van der Waals surface area contributed by atoms with Crippen molar-refractivity contribution in [2.45, 2.75) is 0 Å². The van der Waals surface area contributed by atoms with Crippen molar-refractivity contribution in [2.24, 2.45) is 0 Å². The molecule has 144 valence electrons. The second kappa shape index (κ2) is 6.90. The molecule has 0 saturated carbocycles. The smallest absolute Gasteiger partial charge is 0.299 e. The first-order valence-electron chi connectivity index (χ1n) is 6.95. The quantitative estimate of drug-likeness (QED) is 0.310. The fourth-order valence-corrected chi connectivity index (χ4v) is 2.28. The Morgan fingerprint density at radius 3 is 1.00 bits per heavy atom. The van der Waals surface area contributed by atoms with Crippen LogP contribution in [0, 0.1) is 40.5 Å². The molecule has 0 spiro atoms. The predicted molar refractivity (Wildman–Crippen MR) is 91.8 cm³/mol. The standard InChI is InChI=1S/C13H8N6O9/c14-11-7(16(21)22)1-5(2-8(11)17(23)24)13(20)6-3-9(18(25)26)12(15)10(4-6)19(27)28/h1-4H,14-15H2. The number of nitro benzene ring substituents is 4. The van der Waals surface area contributed by atoms with E-state index in [1.165, 1.54) is 0 Å². The number of hydrogen-bond acceptors (Lipinski definition) is 11. The van der Waals surface area contributed by atoms with Crippen molar-refractivity contribution >= 4 is 39.9 Å². The van der Waals surface area contributed by atoms with Crippen LogP contribution in [0.3, 0.4) is 0 Å². The third-order valence-corrected chi connectivity index (χ3v) is 3.58. The zero-order valence-electron chi connectivity index (χ0n) is 13.4. The molecule has 2 aromatic rings. The van der Waals surface area contributed by atoms with Crippen molar-refractivity contribution in [1.82, 2.24) is 0 Å². The summed E-state index contributed by atoms with van der Waals surface area (Å²) in [6, 6.07) is 2.49. The molecule has 0 fully saturated rings. The van der Waals surface area contributed by atoms with Crippen LogP contribution in [0.25, 0.3) is 0 Å². The molecule has 0 aliphatic rings. The average Bonchev–Trinajstić information content (AvgIpc) is 2.60. The van der Waals surface area contributed by atoms with Crippen molar-refractivity contribution in [2.75, 3.05) is 11.5 Å². The molecule has 0 bridgehead atoms. The average molecular weight is 392 g/mol. The van der Waals surface area contributed by atoms with Crippen molar-refractivity contribution in [3.63, 3.8) is 0 Å². The lowest BCUT2D eigenvalue weighted by Gasteiger charge is -2.06. The van der Waals surface area contributed by atoms with Gasteiger partial charge in [-0.05, 0) is 0 Å². The summed E-state index contributed by atoms with van der Waals surface area (Å²) in [5.74, 6) is -1.18. The number of rotatable bonds is 6. The second-order valence-corrected chi connectivity index (χ2v) is 5.21. The number of nitrogens with two attached hydrogens (primary N) is 2. The van der Waals surface area contributed by atoms with Crippen LogP contribution in [-0.4, -0.2) is 25.5 Å².